The lowest BCUT2D eigenvalue weighted by molar-refractivity contribution is 0.205. The number of hydrogen-bond acceptors (Lipinski definition) is 2. The Balaban J connectivity index is 0.000000853. The molecule has 3 aliphatic rings. The summed E-state index contributed by atoms with van der Waals surface area (Å²) in [6, 6.07) is 0.656. The highest BCUT2D eigenvalue weighted by atomic mass is 35.5. The molecule has 3 fully saturated rings. The standard InChI is InChI=1S/C10H17N3O.ClH/c14-10(12-9-1-2-9)13-5-7-3-11-4-8(7)6-13;/h7-9,11H,1-6H2,(H,12,14);1H. The summed E-state index contributed by atoms with van der Waals surface area (Å²) in [5.74, 6) is 1.42. The van der Waals surface area contributed by atoms with Crippen molar-refractivity contribution in [3.05, 3.63) is 0 Å². The summed E-state index contributed by atoms with van der Waals surface area (Å²) in [5, 5.41) is 6.43. The normalized spacial score (nSPS) is 33.5. The maximum absolute atomic E-state index is 11.7. The molecule has 0 radical (unpaired) electrons. The minimum atomic E-state index is 0. The number of amides is 2. The summed E-state index contributed by atoms with van der Waals surface area (Å²) in [6.45, 7) is 4.10. The first-order valence-corrected chi connectivity index (χ1v) is 5.59. The molecule has 2 N–H and O–H groups in total. The number of carbonyl (C=O) groups is 1. The molecule has 1 saturated carbocycles. The second kappa shape index (κ2) is 4.18. The summed E-state index contributed by atoms with van der Waals surface area (Å²) < 4.78 is 0. The third-order valence-corrected chi connectivity index (χ3v) is 3.58. The van der Waals surface area contributed by atoms with Gasteiger partial charge in [0.1, 0.15) is 0 Å². The predicted octanol–water partition coefficient (Wildman–Crippen LogP) is 0.431. The van der Waals surface area contributed by atoms with Crippen molar-refractivity contribution >= 4 is 18.4 Å². The first-order chi connectivity index (χ1) is 6.83. The summed E-state index contributed by atoms with van der Waals surface area (Å²) in [5.41, 5.74) is 0. The number of fused-ring (bicyclic) bond motifs is 1. The molecule has 2 amide bonds. The number of likely N-dealkylation sites (tertiary alicyclic amines) is 1. The van der Waals surface area contributed by atoms with E-state index in [9.17, 15) is 4.79 Å². The Kier molecular flexibility index (Phi) is 3.07. The fraction of sp³-hybridized carbons (Fsp3) is 0.900. The van der Waals surface area contributed by atoms with E-state index >= 15 is 0 Å². The molecule has 0 aromatic heterocycles. The van der Waals surface area contributed by atoms with Gasteiger partial charge in [0.25, 0.3) is 0 Å². The zero-order chi connectivity index (χ0) is 9.54. The number of nitrogens with one attached hydrogen (secondary N) is 2. The topological polar surface area (TPSA) is 44.4 Å². The molecular weight excluding hydrogens is 214 g/mol. The van der Waals surface area contributed by atoms with Gasteiger partial charge in [-0.05, 0) is 24.7 Å². The van der Waals surface area contributed by atoms with E-state index in [1.54, 1.807) is 0 Å². The van der Waals surface area contributed by atoms with Crippen LogP contribution in [0.2, 0.25) is 0 Å². The SMILES string of the molecule is Cl.O=C(NC1CC1)N1CC2CNCC2C1. The van der Waals surface area contributed by atoms with E-state index in [1.165, 1.54) is 12.8 Å². The second-order valence-electron chi connectivity index (χ2n) is 4.81. The molecule has 15 heavy (non-hydrogen) atoms. The lowest BCUT2D eigenvalue weighted by Gasteiger charge is -2.17. The predicted molar refractivity (Wildman–Crippen MR) is 60.2 cm³/mol. The van der Waals surface area contributed by atoms with E-state index in [0.717, 1.165) is 26.2 Å². The Bertz CT molecular complexity index is 245. The van der Waals surface area contributed by atoms with E-state index in [1.807, 2.05) is 4.90 Å². The average molecular weight is 232 g/mol. The molecule has 2 saturated heterocycles. The van der Waals surface area contributed by atoms with Crippen LogP contribution in [-0.2, 0) is 0 Å². The van der Waals surface area contributed by atoms with Crippen LogP contribution in [0.4, 0.5) is 4.79 Å². The Morgan fingerprint density at radius 3 is 2.33 bits per heavy atom. The van der Waals surface area contributed by atoms with Gasteiger partial charge in [0.15, 0.2) is 0 Å². The zero-order valence-corrected chi connectivity index (χ0v) is 9.55. The molecule has 86 valence electrons. The van der Waals surface area contributed by atoms with Crippen LogP contribution < -0.4 is 10.6 Å². The van der Waals surface area contributed by atoms with Gasteiger partial charge < -0.3 is 15.5 Å². The van der Waals surface area contributed by atoms with E-state index in [0.29, 0.717) is 17.9 Å². The molecular formula is C10H18ClN3O. The van der Waals surface area contributed by atoms with Gasteiger partial charge >= 0.3 is 6.03 Å². The van der Waals surface area contributed by atoms with Crippen molar-refractivity contribution in [2.45, 2.75) is 18.9 Å². The van der Waals surface area contributed by atoms with Crippen molar-refractivity contribution in [2.24, 2.45) is 11.8 Å². The zero-order valence-electron chi connectivity index (χ0n) is 8.74. The Labute approximate surface area is 96.2 Å². The van der Waals surface area contributed by atoms with Gasteiger partial charge in [-0.1, -0.05) is 0 Å². The van der Waals surface area contributed by atoms with Gasteiger partial charge in [0, 0.05) is 32.2 Å². The lowest BCUT2D eigenvalue weighted by atomic mass is 10.0. The van der Waals surface area contributed by atoms with Gasteiger partial charge in [-0.25, -0.2) is 4.79 Å². The van der Waals surface area contributed by atoms with Gasteiger partial charge in [-0.2, -0.15) is 0 Å². The van der Waals surface area contributed by atoms with Gasteiger partial charge in [0.05, 0.1) is 0 Å². The molecule has 0 aromatic carbocycles. The van der Waals surface area contributed by atoms with Crippen LogP contribution in [0.1, 0.15) is 12.8 Å². The van der Waals surface area contributed by atoms with Crippen LogP contribution in [0.5, 0.6) is 0 Å². The fourth-order valence-electron chi connectivity index (χ4n) is 2.51. The van der Waals surface area contributed by atoms with Crippen molar-refractivity contribution in [1.29, 1.82) is 0 Å². The highest BCUT2D eigenvalue weighted by Gasteiger charge is 2.38. The third kappa shape index (κ3) is 2.21. The summed E-state index contributed by atoms with van der Waals surface area (Å²) >= 11 is 0. The Morgan fingerprint density at radius 2 is 1.80 bits per heavy atom. The number of rotatable bonds is 1. The Morgan fingerprint density at radius 1 is 1.20 bits per heavy atom. The summed E-state index contributed by atoms with van der Waals surface area (Å²) in [4.78, 5) is 13.7. The second-order valence-corrected chi connectivity index (χ2v) is 4.81. The van der Waals surface area contributed by atoms with Crippen molar-refractivity contribution in [1.82, 2.24) is 15.5 Å². The highest BCUT2D eigenvalue weighted by molar-refractivity contribution is 5.85. The van der Waals surface area contributed by atoms with E-state index in [-0.39, 0.29) is 18.4 Å². The number of hydrogen-bond donors (Lipinski definition) is 2. The van der Waals surface area contributed by atoms with Crippen LogP contribution >= 0.6 is 12.4 Å². The molecule has 2 heterocycles. The molecule has 2 atom stereocenters. The minimum absolute atomic E-state index is 0. The van der Waals surface area contributed by atoms with Crippen molar-refractivity contribution in [2.75, 3.05) is 26.2 Å². The molecule has 0 spiro atoms. The van der Waals surface area contributed by atoms with E-state index in [4.69, 9.17) is 0 Å². The molecule has 2 unspecified atom stereocenters. The van der Waals surface area contributed by atoms with Crippen molar-refractivity contribution < 1.29 is 4.79 Å². The number of carbonyl (C=O) groups excluding carboxylic acids is 1. The molecule has 3 rings (SSSR count). The van der Waals surface area contributed by atoms with Gasteiger partial charge in [-0.3, -0.25) is 0 Å². The maximum atomic E-state index is 11.7. The molecule has 1 aliphatic carbocycles. The minimum Gasteiger partial charge on any atom is -0.335 e. The van der Waals surface area contributed by atoms with Crippen LogP contribution in [0.3, 0.4) is 0 Å². The largest absolute Gasteiger partial charge is 0.335 e. The van der Waals surface area contributed by atoms with Crippen LogP contribution in [0.15, 0.2) is 0 Å². The van der Waals surface area contributed by atoms with E-state index in [2.05, 4.69) is 10.6 Å². The molecule has 0 bridgehead atoms. The summed E-state index contributed by atoms with van der Waals surface area (Å²) in [7, 11) is 0. The Hall–Kier alpha value is -0.480. The average Bonchev–Trinajstić information content (AvgIpc) is 2.73. The molecule has 0 aromatic rings. The maximum Gasteiger partial charge on any atom is 0.317 e. The first kappa shape index (κ1) is 11.0. The monoisotopic (exact) mass is 231 g/mol. The smallest absolute Gasteiger partial charge is 0.317 e. The molecule has 4 nitrogen and oxygen atoms in total. The van der Waals surface area contributed by atoms with Crippen LogP contribution in [0.25, 0.3) is 0 Å². The quantitative estimate of drug-likeness (QED) is 0.688. The van der Waals surface area contributed by atoms with Gasteiger partial charge in [0.2, 0.25) is 0 Å². The fourth-order valence-corrected chi connectivity index (χ4v) is 2.51. The van der Waals surface area contributed by atoms with Crippen LogP contribution in [-0.4, -0.2) is 43.2 Å². The lowest BCUT2D eigenvalue weighted by Crippen LogP contribution is -2.40. The first-order valence-electron chi connectivity index (χ1n) is 5.59. The van der Waals surface area contributed by atoms with Gasteiger partial charge in [-0.15, -0.1) is 12.4 Å². The van der Waals surface area contributed by atoms with Crippen molar-refractivity contribution in [3.8, 4) is 0 Å². The summed E-state index contributed by atoms with van der Waals surface area (Å²) in [6.07, 6.45) is 2.35. The molecule has 2 aliphatic heterocycles. The molecule has 5 heteroatoms. The highest BCUT2D eigenvalue weighted by Crippen LogP contribution is 2.27. The number of urea groups is 1. The number of nitrogens with zero attached hydrogens (tertiary/aromatic N) is 1. The van der Waals surface area contributed by atoms with Crippen LogP contribution in [0, 0.1) is 11.8 Å². The van der Waals surface area contributed by atoms with E-state index < -0.39 is 0 Å². The third-order valence-electron chi connectivity index (χ3n) is 3.58. The number of halogens is 1. The van der Waals surface area contributed by atoms with Crippen molar-refractivity contribution in [3.63, 3.8) is 0 Å².